The molecule has 21 heavy (non-hydrogen) atoms. The molecule has 2 rings (SSSR count). The largest absolute Gasteiger partial charge is 0.467 e. The number of rotatable bonds is 4. The maximum atomic E-state index is 11.9. The smallest absolute Gasteiger partial charge is 0.422 e. The highest BCUT2D eigenvalue weighted by atomic mass is 19.4. The quantitative estimate of drug-likeness (QED) is 0.896. The summed E-state index contributed by atoms with van der Waals surface area (Å²) in [7, 11) is 0. The molecule has 1 amide bonds. The second-order valence-electron chi connectivity index (χ2n) is 4.03. The molecule has 2 aromatic rings. The minimum atomic E-state index is -4.46. The van der Waals surface area contributed by atoms with Crippen LogP contribution in [0.25, 0.3) is 0 Å². The van der Waals surface area contributed by atoms with E-state index in [2.05, 4.69) is 30.2 Å². The molecule has 2 aromatic heterocycles. The van der Waals surface area contributed by atoms with Gasteiger partial charge in [0.15, 0.2) is 12.3 Å². The van der Waals surface area contributed by atoms with Gasteiger partial charge in [-0.15, -0.1) is 10.2 Å². The molecule has 0 unspecified atom stereocenters. The first-order valence-corrected chi connectivity index (χ1v) is 5.70. The van der Waals surface area contributed by atoms with Crippen molar-refractivity contribution >= 4 is 11.9 Å². The van der Waals surface area contributed by atoms with Crippen molar-refractivity contribution in [3.05, 3.63) is 29.7 Å². The number of anilines is 1. The van der Waals surface area contributed by atoms with Crippen LogP contribution in [0.2, 0.25) is 0 Å². The number of nitrogens with zero attached hydrogens (tertiary/aromatic N) is 3. The number of aryl methyl sites for hydroxylation is 1. The molecule has 0 aliphatic carbocycles. The van der Waals surface area contributed by atoms with Crippen molar-refractivity contribution in [2.75, 3.05) is 11.9 Å². The van der Waals surface area contributed by atoms with Gasteiger partial charge in [0.25, 0.3) is 5.91 Å². The van der Waals surface area contributed by atoms with E-state index in [1.54, 1.807) is 6.92 Å². The molecule has 0 radical (unpaired) electrons. The van der Waals surface area contributed by atoms with E-state index in [-0.39, 0.29) is 17.5 Å². The summed E-state index contributed by atoms with van der Waals surface area (Å²) in [4.78, 5) is 18.4. The zero-order valence-corrected chi connectivity index (χ0v) is 10.7. The summed E-state index contributed by atoms with van der Waals surface area (Å²) in [6, 6.07) is 2.32. The number of carbonyl (C=O) groups excluding carboxylic acids is 1. The summed E-state index contributed by atoms with van der Waals surface area (Å²) in [5, 5.41) is 9.30. The Bertz CT molecular complexity index is 624. The maximum Gasteiger partial charge on any atom is 0.422 e. The van der Waals surface area contributed by atoms with Crippen molar-refractivity contribution in [3.8, 4) is 5.88 Å². The van der Waals surface area contributed by atoms with Gasteiger partial charge in [0.2, 0.25) is 11.8 Å². The molecule has 0 aliphatic rings. The van der Waals surface area contributed by atoms with Gasteiger partial charge in [0.05, 0.1) is 0 Å². The Morgan fingerprint density at radius 2 is 2.14 bits per heavy atom. The molecule has 0 spiro atoms. The molecular formula is C11H10F3N5O2. The van der Waals surface area contributed by atoms with Crippen LogP contribution in [0.3, 0.4) is 0 Å². The fraction of sp³-hybridized carbons (Fsp3) is 0.273. The predicted molar refractivity (Wildman–Crippen MR) is 64.9 cm³/mol. The van der Waals surface area contributed by atoms with Crippen LogP contribution in [0, 0.1) is 6.92 Å². The van der Waals surface area contributed by atoms with Gasteiger partial charge < -0.3 is 9.72 Å². The van der Waals surface area contributed by atoms with Gasteiger partial charge in [-0.3, -0.25) is 10.1 Å². The van der Waals surface area contributed by atoms with Gasteiger partial charge in [-0.1, -0.05) is 0 Å². The first-order chi connectivity index (χ1) is 9.83. The lowest BCUT2D eigenvalue weighted by molar-refractivity contribution is -0.154. The Kier molecular flexibility index (Phi) is 4.05. The Balaban J connectivity index is 1.96. The lowest BCUT2D eigenvalue weighted by Gasteiger charge is -2.07. The van der Waals surface area contributed by atoms with Gasteiger partial charge in [0.1, 0.15) is 0 Å². The minimum absolute atomic E-state index is 0.0802. The summed E-state index contributed by atoms with van der Waals surface area (Å²) >= 11 is 0. The summed E-state index contributed by atoms with van der Waals surface area (Å²) in [6.45, 7) is 0.286. The van der Waals surface area contributed by atoms with Crippen molar-refractivity contribution in [3.63, 3.8) is 0 Å². The van der Waals surface area contributed by atoms with E-state index in [0.29, 0.717) is 0 Å². The van der Waals surface area contributed by atoms with Gasteiger partial charge in [-0.25, -0.2) is 4.98 Å². The van der Waals surface area contributed by atoms with Crippen molar-refractivity contribution in [1.29, 1.82) is 0 Å². The standard InChI is InChI=1S/C11H10F3N5O2/c1-6-4-15-10(16-6)17-9(20)7-2-3-8(19-18-7)21-5-11(12,13)14/h2-4H,5H2,1H3,(H2,15,16,17,20). The molecule has 2 N–H and O–H groups in total. The van der Waals surface area contributed by atoms with Crippen molar-refractivity contribution < 1.29 is 22.7 Å². The number of alkyl halides is 3. The van der Waals surface area contributed by atoms with Crippen molar-refractivity contribution in [1.82, 2.24) is 20.2 Å². The maximum absolute atomic E-state index is 11.9. The molecule has 0 fully saturated rings. The first kappa shape index (κ1) is 14.8. The number of hydrogen-bond acceptors (Lipinski definition) is 5. The molecular weight excluding hydrogens is 291 g/mol. The predicted octanol–water partition coefficient (Wildman–Crippen LogP) is 1.70. The second kappa shape index (κ2) is 5.77. The molecule has 0 saturated heterocycles. The fourth-order valence-electron chi connectivity index (χ4n) is 1.32. The monoisotopic (exact) mass is 301 g/mol. The molecule has 0 bridgehead atoms. The van der Waals surface area contributed by atoms with E-state index in [0.717, 1.165) is 11.8 Å². The van der Waals surface area contributed by atoms with Crippen LogP contribution in [0.15, 0.2) is 18.3 Å². The van der Waals surface area contributed by atoms with Crippen LogP contribution < -0.4 is 10.1 Å². The molecule has 0 aliphatic heterocycles. The Morgan fingerprint density at radius 3 is 2.67 bits per heavy atom. The fourth-order valence-corrected chi connectivity index (χ4v) is 1.32. The molecule has 7 nitrogen and oxygen atoms in total. The van der Waals surface area contributed by atoms with Gasteiger partial charge in [0, 0.05) is 18.0 Å². The highest BCUT2D eigenvalue weighted by Crippen LogP contribution is 2.16. The van der Waals surface area contributed by atoms with Crippen LogP contribution >= 0.6 is 0 Å². The number of halogens is 3. The Morgan fingerprint density at radius 1 is 1.38 bits per heavy atom. The molecule has 0 aromatic carbocycles. The minimum Gasteiger partial charge on any atom is -0.467 e. The number of imidazole rings is 1. The van der Waals surface area contributed by atoms with Crippen LogP contribution in [0.5, 0.6) is 5.88 Å². The number of H-pyrrole nitrogens is 1. The Labute approximate surface area is 116 Å². The lowest BCUT2D eigenvalue weighted by Crippen LogP contribution is -2.20. The summed E-state index contributed by atoms with van der Waals surface area (Å²) in [6.07, 6.45) is -2.94. The van der Waals surface area contributed by atoms with Crippen molar-refractivity contribution in [2.24, 2.45) is 0 Å². The molecule has 112 valence electrons. The number of carbonyl (C=O) groups is 1. The Hall–Kier alpha value is -2.65. The highest BCUT2D eigenvalue weighted by molar-refractivity contribution is 6.01. The zero-order chi connectivity index (χ0) is 15.5. The topological polar surface area (TPSA) is 92.8 Å². The number of nitrogens with one attached hydrogen (secondary N) is 2. The SMILES string of the molecule is Cc1cnc(NC(=O)c2ccc(OCC(F)(F)F)nn2)[nH]1. The zero-order valence-electron chi connectivity index (χ0n) is 10.7. The average Bonchev–Trinajstić information content (AvgIpc) is 2.81. The average molecular weight is 301 g/mol. The van der Waals surface area contributed by atoms with E-state index in [1.807, 2.05) is 0 Å². The van der Waals surface area contributed by atoms with Crippen LogP contribution in [-0.4, -0.2) is 38.9 Å². The van der Waals surface area contributed by atoms with E-state index >= 15 is 0 Å². The number of aromatic amines is 1. The molecule has 0 atom stereocenters. The third kappa shape index (κ3) is 4.44. The third-order valence-electron chi connectivity index (χ3n) is 2.19. The van der Waals surface area contributed by atoms with Gasteiger partial charge >= 0.3 is 6.18 Å². The van der Waals surface area contributed by atoms with Crippen LogP contribution in [0.1, 0.15) is 16.2 Å². The van der Waals surface area contributed by atoms with E-state index in [4.69, 9.17) is 0 Å². The lowest BCUT2D eigenvalue weighted by atomic mass is 10.3. The van der Waals surface area contributed by atoms with E-state index in [9.17, 15) is 18.0 Å². The van der Waals surface area contributed by atoms with E-state index in [1.165, 1.54) is 12.3 Å². The number of ether oxygens (including phenoxy) is 1. The van der Waals surface area contributed by atoms with E-state index < -0.39 is 18.7 Å². The second-order valence-corrected chi connectivity index (χ2v) is 4.03. The number of amides is 1. The normalized spacial score (nSPS) is 11.2. The van der Waals surface area contributed by atoms with Crippen LogP contribution in [-0.2, 0) is 0 Å². The molecule has 2 heterocycles. The van der Waals surface area contributed by atoms with Gasteiger partial charge in [-0.05, 0) is 13.0 Å². The number of aromatic nitrogens is 4. The summed E-state index contributed by atoms with van der Waals surface area (Å²) in [5.74, 6) is -0.686. The van der Waals surface area contributed by atoms with Crippen LogP contribution in [0.4, 0.5) is 19.1 Å². The van der Waals surface area contributed by atoms with Crippen molar-refractivity contribution in [2.45, 2.75) is 13.1 Å². The highest BCUT2D eigenvalue weighted by Gasteiger charge is 2.28. The summed E-state index contributed by atoms with van der Waals surface area (Å²) < 4.78 is 40.2. The summed E-state index contributed by atoms with van der Waals surface area (Å²) in [5.41, 5.74) is 0.677. The van der Waals surface area contributed by atoms with Gasteiger partial charge in [-0.2, -0.15) is 13.2 Å². The molecule has 10 heteroatoms. The number of hydrogen-bond donors (Lipinski definition) is 2. The first-order valence-electron chi connectivity index (χ1n) is 5.70. The molecule has 0 saturated carbocycles. The third-order valence-corrected chi connectivity index (χ3v) is 2.19.